The van der Waals surface area contributed by atoms with Gasteiger partial charge in [-0.3, -0.25) is 20.4 Å². The molecule has 0 aliphatic rings. The lowest BCUT2D eigenvalue weighted by Gasteiger charge is -2.11. The Balaban J connectivity index is 1.96. The van der Waals surface area contributed by atoms with E-state index in [0.29, 0.717) is 11.1 Å². The Hall–Kier alpha value is -3.42. The topological polar surface area (TPSA) is 76.7 Å². The van der Waals surface area contributed by atoms with Gasteiger partial charge in [0, 0.05) is 11.6 Å². The highest BCUT2D eigenvalue weighted by Crippen LogP contribution is 2.30. The number of hydrogen-bond acceptors (Lipinski definition) is 4. The van der Waals surface area contributed by atoms with Gasteiger partial charge in [-0.2, -0.15) is 8.78 Å². The number of carbonyl (C=O) groups excluding carboxylic acids is 2. The quantitative estimate of drug-likeness (QED) is 0.575. The number of amides is 2. The molecule has 2 aromatic rings. The third-order valence-electron chi connectivity index (χ3n) is 3.25. The zero-order chi connectivity index (χ0) is 19.6. The first kappa shape index (κ1) is 19.9. The molecule has 0 heterocycles. The van der Waals surface area contributed by atoms with Gasteiger partial charge in [-0.15, -0.1) is 0 Å². The van der Waals surface area contributed by atoms with Crippen molar-refractivity contribution in [1.29, 1.82) is 0 Å². The molecule has 0 atom stereocenters. The van der Waals surface area contributed by atoms with Crippen molar-refractivity contribution in [2.75, 3.05) is 6.61 Å². The van der Waals surface area contributed by atoms with Crippen LogP contribution < -0.4 is 20.3 Å². The number of nitrogens with one attached hydrogen (secondary N) is 2. The molecule has 0 unspecified atom stereocenters. The van der Waals surface area contributed by atoms with Crippen LogP contribution in [0.1, 0.15) is 22.8 Å². The fourth-order valence-corrected chi connectivity index (χ4v) is 2.08. The Morgan fingerprint density at radius 1 is 1.07 bits per heavy atom. The number of rotatable bonds is 7. The summed E-state index contributed by atoms with van der Waals surface area (Å²) in [6, 6.07) is 12.7. The van der Waals surface area contributed by atoms with Gasteiger partial charge in [-0.05, 0) is 42.8 Å². The van der Waals surface area contributed by atoms with Crippen molar-refractivity contribution < 1.29 is 27.8 Å². The molecule has 2 N–H and O–H groups in total. The van der Waals surface area contributed by atoms with Crippen LogP contribution in [0.4, 0.5) is 8.78 Å². The largest absolute Gasteiger partial charge is 0.490 e. The van der Waals surface area contributed by atoms with Crippen molar-refractivity contribution in [3.8, 4) is 11.5 Å². The minimum atomic E-state index is -2.97. The monoisotopic (exact) mass is 376 g/mol. The summed E-state index contributed by atoms with van der Waals surface area (Å²) in [6.07, 6.45) is 2.63. The van der Waals surface area contributed by atoms with Gasteiger partial charge in [0.25, 0.3) is 11.8 Å². The Kier molecular flexibility index (Phi) is 7.30. The van der Waals surface area contributed by atoms with Crippen molar-refractivity contribution in [3.63, 3.8) is 0 Å². The average Bonchev–Trinajstić information content (AvgIpc) is 2.66. The fraction of sp³-hybridized carbons (Fsp3) is 0.158. The molecule has 2 rings (SSSR count). The van der Waals surface area contributed by atoms with E-state index in [1.54, 1.807) is 37.3 Å². The summed E-state index contributed by atoms with van der Waals surface area (Å²) in [7, 11) is 0. The van der Waals surface area contributed by atoms with E-state index in [4.69, 9.17) is 4.74 Å². The van der Waals surface area contributed by atoms with Gasteiger partial charge in [-0.1, -0.05) is 24.3 Å². The molecule has 6 nitrogen and oxygen atoms in total. The van der Waals surface area contributed by atoms with E-state index in [9.17, 15) is 18.4 Å². The maximum Gasteiger partial charge on any atom is 0.387 e. The second-order valence-electron chi connectivity index (χ2n) is 5.16. The molecule has 0 aliphatic heterocycles. The predicted octanol–water partition coefficient (Wildman–Crippen LogP) is 3.16. The van der Waals surface area contributed by atoms with Crippen LogP contribution >= 0.6 is 0 Å². The zero-order valence-corrected chi connectivity index (χ0v) is 14.4. The first-order valence-corrected chi connectivity index (χ1v) is 8.04. The smallest absolute Gasteiger partial charge is 0.387 e. The Labute approximate surface area is 154 Å². The van der Waals surface area contributed by atoms with Gasteiger partial charge in [0.2, 0.25) is 0 Å². The molecule has 27 heavy (non-hydrogen) atoms. The predicted molar refractivity (Wildman–Crippen MR) is 95.3 cm³/mol. The number of carbonyl (C=O) groups is 2. The van der Waals surface area contributed by atoms with E-state index in [1.165, 1.54) is 30.4 Å². The lowest BCUT2D eigenvalue weighted by atomic mass is 10.2. The summed E-state index contributed by atoms with van der Waals surface area (Å²) in [5.74, 6) is -0.976. The highest BCUT2D eigenvalue weighted by Gasteiger charge is 2.11. The van der Waals surface area contributed by atoms with Crippen LogP contribution in [0.25, 0.3) is 6.08 Å². The van der Waals surface area contributed by atoms with Crippen molar-refractivity contribution in [2.45, 2.75) is 13.5 Å². The van der Waals surface area contributed by atoms with E-state index in [1.807, 2.05) is 0 Å². The number of benzene rings is 2. The fourth-order valence-electron chi connectivity index (χ4n) is 2.08. The molecule has 8 heteroatoms. The SMILES string of the molecule is CCOc1cc(/C=C/C(=O)NNC(=O)c2ccccc2)ccc1OC(F)F. The van der Waals surface area contributed by atoms with E-state index >= 15 is 0 Å². The van der Waals surface area contributed by atoms with Crippen LogP contribution in [0.3, 0.4) is 0 Å². The lowest BCUT2D eigenvalue weighted by Crippen LogP contribution is -2.40. The summed E-state index contributed by atoms with van der Waals surface area (Å²) in [5, 5.41) is 0. The molecule has 0 bridgehead atoms. The normalized spacial score (nSPS) is 10.7. The van der Waals surface area contributed by atoms with Crippen LogP contribution in [0.5, 0.6) is 11.5 Å². The van der Waals surface area contributed by atoms with Gasteiger partial charge in [-0.25, -0.2) is 0 Å². The van der Waals surface area contributed by atoms with Crippen molar-refractivity contribution >= 4 is 17.9 Å². The third kappa shape index (κ3) is 6.43. The average molecular weight is 376 g/mol. The maximum absolute atomic E-state index is 12.4. The van der Waals surface area contributed by atoms with E-state index in [0.717, 1.165) is 0 Å². The van der Waals surface area contributed by atoms with Crippen LogP contribution in [0.15, 0.2) is 54.6 Å². The summed E-state index contributed by atoms with van der Waals surface area (Å²) < 4.78 is 34.4. The van der Waals surface area contributed by atoms with Crippen LogP contribution in [0, 0.1) is 0 Å². The molecule has 0 fully saturated rings. The van der Waals surface area contributed by atoms with Crippen molar-refractivity contribution in [1.82, 2.24) is 10.9 Å². The molecular formula is C19H18F2N2O4. The highest BCUT2D eigenvalue weighted by molar-refractivity contribution is 5.97. The number of alkyl halides is 2. The van der Waals surface area contributed by atoms with Gasteiger partial charge in [0.1, 0.15) is 0 Å². The van der Waals surface area contributed by atoms with Crippen LogP contribution in [0.2, 0.25) is 0 Å². The Morgan fingerprint density at radius 3 is 2.48 bits per heavy atom. The van der Waals surface area contributed by atoms with Crippen molar-refractivity contribution in [3.05, 3.63) is 65.7 Å². The van der Waals surface area contributed by atoms with E-state index in [2.05, 4.69) is 15.6 Å². The second-order valence-corrected chi connectivity index (χ2v) is 5.16. The molecule has 0 spiro atoms. The Bertz CT molecular complexity index is 811. The number of ether oxygens (including phenoxy) is 2. The van der Waals surface area contributed by atoms with Gasteiger partial charge < -0.3 is 9.47 Å². The van der Waals surface area contributed by atoms with E-state index < -0.39 is 18.4 Å². The lowest BCUT2D eigenvalue weighted by molar-refractivity contribution is -0.117. The third-order valence-corrected chi connectivity index (χ3v) is 3.25. The van der Waals surface area contributed by atoms with Crippen LogP contribution in [-0.2, 0) is 4.79 Å². The van der Waals surface area contributed by atoms with E-state index in [-0.39, 0.29) is 18.1 Å². The minimum absolute atomic E-state index is 0.0939. The highest BCUT2D eigenvalue weighted by atomic mass is 19.3. The van der Waals surface area contributed by atoms with Gasteiger partial charge >= 0.3 is 6.61 Å². The standard InChI is InChI=1S/C19H18F2N2O4/c1-2-26-16-12-13(8-10-15(16)27-19(20)21)9-11-17(24)22-23-18(25)14-6-4-3-5-7-14/h3-12,19H,2H2,1H3,(H,22,24)(H,23,25)/b11-9+. The van der Waals surface area contributed by atoms with Gasteiger partial charge in [0.05, 0.1) is 6.61 Å². The molecule has 2 amide bonds. The molecule has 2 aromatic carbocycles. The summed E-state index contributed by atoms with van der Waals surface area (Å²) >= 11 is 0. The molecule has 0 aliphatic carbocycles. The summed E-state index contributed by atoms with van der Waals surface area (Å²) in [4.78, 5) is 23.6. The molecule has 142 valence electrons. The molecular weight excluding hydrogens is 358 g/mol. The van der Waals surface area contributed by atoms with Crippen molar-refractivity contribution in [2.24, 2.45) is 0 Å². The summed E-state index contributed by atoms with van der Waals surface area (Å²) in [6.45, 7) is -0.999. The second kappa shape index (κ2) is 9.91. The number of hydrazine groups is 1. The number of halogens is 2. The van der Waals surface area contributed by atoms with Crippen LogP contribution in [-0.4, -0.2) is 25.0 Å². The summed E-state index contributed by atoms with van der Waals surface area (Å²) in [5.41, 5.74) is 5.46. The minimum Gasteiger partial charge on any atom is -0.490 e. The maximum atomic E-state index is 12.4. The van der Waals surface area contributed by atoms with Gasteiger partial charge in [0.15, 0.2) is 11.5 Å². The molecule has 0 aromatic heterocycles. The first-order chi connectivity index (χ1) is 13.0. The Morgan fingerprint density at radius 2 is 1.81 bits per heavy atom. The number of hydrogen-bond donors (Lipinski definition) is 2. The molecule has 0 saturated carbocycles. The molecule has 0 radical (unpaired) electrons. The zero-order valence-electron chi connectivity index (χ0n) is 14.4. The molecule has 0 saturated heterocycles. The first-order valence-electron chi connectivity index (χ1n) is 8.04.